The zero-order valence-corrected chi connectivity index (χ0v) is 48.2. The number of hydrogen-bond donors (Lipinski definition) is 8. The standard InChI is InChI=1S/C17H18N2O2S.C16H15N5O7S2.C9H10N2O3S.C9H12N2OS.ClH/c1-3-13-10-22-17-15(16(21)19(17)11(13)2)18-14(20)9-12-7-5-4-6-8-12;1-2-6-5-29-14-10(13(25)21(14)11(6)15(26)27)19-12(24)9(20-28-4-8(22)23)7-3-18-16(17)30-7;1-2-4-3-15-8-5(10)7(12)11(8)6(4)9(13)14;1-3-6-4-13-9-7(10)8(12)11(9)5(6)2;/h3-8,15,17H,1,9-10H2,2H3,(H,18,20);2-3,10,14H,1,4-5H2,(H2,17,18)(H,19,24)(H,22,23)(H,26,27);2,5,8H,1,3,10H2,(H,13,14);3,7,9H,1,4,10H2,2H3;1H. The Morgan fingerprint density at radius 1 is 0.679 bits per heavy atom. The second kappa shape index (κ2) is 27.1. The van der Waals surface area contributed by atoms with Crippen LogP contribution in [0, 0.1) is 0 Å². The lowest BCUT2D eigenvalue weighted by Crippen LogP contribution is -2.71. The Hall–Kier alpha value is -7.12. The highest BCUT2D eigenvalue weighted by molar-refractivity contribution is 8.01. The Kier molecular flexibility index (Phi) is 21.1. The molecular formula is C51H56ClN11O13S5. The van der Waals surface area contributed by atoms with Gasteiger partial charge in [-0.1, -0.05) is 97.4 Å². The van der Waals surface area contributed by atoms with E-state index in [1.807, 2.05) is 50.3 Å². The maximum Gasteiger partial charge on any atom is 0.352 e. The first kappa shape index (κ1) is 63.1. The predicted octanol–water partition coefficient (Wildman–Crippen LogP) is 2.41. The summed E-state index contributed by atoms with van der Waals surface area (Å²) >= 11 is 7.04. The third kappa shape index (κ3) is 13.0. The van der Waals surface area contributed by atoms with Crippen molar-refractivity contribution in [1.29, 1.82) is 0 Å². The van der Waals surface area contributed by atoms with Gasteiger partial charge in [0.1, 0.15) is 57.1 Å². The molecule has 0 bridgehead atoms. The Labute approximate surface area is 491 Å². The van der Waals surface area contributed by atoms with E-state index in [1.54, 1.807) is 39.4 Å². The monoisotopic (exact) mass is 1230 g/mol. The molecule has 0 saturated carbocycles. The van der Waals surface area contributed by atoms with Crippen LogP contribution in [-0.4, -0.2) is 174 Å². The summed E-state index contributed by atoms with van der Waals surface area (Å²) in [6, 6.07) is 7.25. The molecule has 0 radical (unpaired) electrons. The lowest BCUT2D eigenvalue weighted by atomic mass is 10.0. The van der Waals surface area contributed by atoms with Crippen LogP contribution < -0.4 is 27.8 Å². The number of aliphatic carboxylic acids is 3. The number of rotatable bonds is 15. The zero-order valence-electron chi connectivity index (χ0n) is 43.3. The first-order chi connectivity index (χ1) is 38.1. The summed E-state index contributed by atoms with van der Waals surface area (Å²) in [5.41, 5.74) is 22.5. The molecule has 8 aliphatic rings. The SMILES string of the molecule is C=CC1=C(C(=O)O)N2C(=O)C(N)C2SC1.C=CC1=C(C(=O)O)N2C(=O)C(NC(=O)C(=NOCC(=O)O)c3cnc(N)s3)C2SC1.C=CC1=C(C)N2C(=O)C(N)C2SC1.C=CC1=C(C)N2C(=O)C(NC(=O)Cc3ccccc3)C2SC1.Cl. The van der Waals surface area contributed by atoms with Gasteiger partial charge in [-0.25, -0.2) is 19.4 Å². The first-order valence-electron chi connectivity index (χ1n) is 24.0. The van der Waals surface area contributed by atoms with Crippen molar-refractivity contribution in [3.8, 4) is 0 Å². The van der Waals surface area contributed by atoms with Crippen LogP contribution in [0.15, 0.2) is 137 Å². The molecule has 1 aromatic heterocycles. The number of allylic oxidation sites excluding steroid dienone is 6. The van der Waals surface area contributed by atoms with E-state index in [1.165, 1.54) is 46.8 Å². The summed E-state index contributed by atoms with van der Waals surface area (Å²) in [5, 5.41) is 35.5. The topological polar surface area (TPSA) is 364 Å². The Bertz CT molecular complexity index is 3150. The van der Waals surface area contributed by atoms with Gasteiger partial charge in [0.15, 0.2) is 10.8 Å². The number of hydrogen-bond acceptors (Lipinski definition) is 20. The zero-order chi connectivity index (χ0) is 58.4. The molecule has 10 rings (SSSR count). The van der Waals surface area contributed by atoms with Crippen LogP contribution in [0.5, 0.6) is 0 Å². The van der Waals surface area contributed by atoms with E-state index >= 15 is 0 Å². The number of benzene rings is 1. The van der Waals surface area contributed by atoms with Crippen molar-refractivity contribution in [2.45, 2.75) is 65.9 Å². The number of oxime groups is 1. The number of nitrogens with two attached hydrogens (primary N) is 3. The fourth-order valence-electron chi connectivity index (χ4n) is 8.89. The van der Waals surface area contributed by atoms with Crippen molar-refractivity contribution in [2.75, 3.05) is 35.4 Å². The second-order valence-corrected chi connectivity index (χ2v) is 23.4. The van der Waals surface area contributed by atoms with Crippen molar-refractivity contribution in [1.82, 2.24) is 35.2 Å². The third-order valence-corrected chi connectivity index (χ3v) is 19.2. The van der Waals surface area contributed by atoms with Gasteiger partial charge in [-0.05, 0) is 41.7 Å². The molecule has 6 amide bonds. The number of carbonyl (C=O) groups is 9. The van der Waals surface area contributed by atoms with Crippen molar-refractivity contribution >= 4 is 135 Å². The van der Waals surface area contributed by atoms with Crippen molar-refractivity contribution in [3.05, 3.63) is 143 Å². The number of carboxylic acid groups (broad SMARTS) is 3. The molecule has 2 aromatic rings. The molecule has 8 atom stereocenters. The summed E-state index contributed by atoms with van der Waals surface area (Å²) < 4.78 is 0. The molecule has 11 N–H and O–H groups in total. The highest BCUT2D eigenvalue weighted by Gasteiger charge is 2.55. The molecule has 24 nitrogen and oxygen atoms in total. The number of amides is 6. The lowest BCUT2D eigenvalue weighted by Gasteiger charge is -2.49. The number of carbonyl (C=O) groups excluding carboxylic acids is 6. The van der Waals surface area contributed by atoms with Crippen molar-refractivity contribution in [2.24, 2.45) is 16.6 Å². The average molecular weight is 1230 g/mol. The molecule has 30 heteroatoms. The molecule has 0 spiro atoms. The minimum atomic E-state index is -1.29. The minimum Gasteiger partial charge on any atom is -0.479 e. The molecular weight excluding hydrogens is 1170 g/mol. The summed E-state index contributed by atoms with van der Waals surface area (Å²) in [4.78, 5) is 120. The highest BCUT2D eigenvalue weighted by Crippen LogP contribution is 2.43. The van der Waals surface area contributed by atoms with Crippen LogP contribution in [0.4, 0.5) is 5.13 Å². The maximum atomic E-state index is 12.7. The quantitative estimate of drug-likeness (QED) is 0.0721. The van der Waals surface area contributed by atoms with E-state index in [4.69, 9.17) is 27.4 Å². The molecule has 81 heavy (non-hydrogen) atoms. The van der Waals surface area contributed by atoms with Gasteiger partial charge in [0.2, 0.25) is 24.3 Å². The van der Waals surface area contributed by atoms with E-state index in [0.29, 0.717) is 29.1 Å². The van der Waals surface area contributed by atoms with Gasteiger partial charge >= 0.3 is 17.9 Å². The van der Waals surface area contributed by atoms with Crippen LogP contribution in [0.3, 0.4) is 0 Å². The van der Waals surface area contributed by atoms with E-state index in [2.05, 4.69) is 51.9 Å². The molecule has 8 unspecified atom stereocenters. The van der Waals surface area contributed by atoms with E-state index < -0.39 is 59.8 Å². The fraction of sp³-hybridized carbons (Fsp3) is 0.314. The number of thioether (sulfide) groups is 4. The molecule has 1 aromatic carbocycles. The van der Waals surface area contributed by atoms with Crippen LogP contribution in [0.2, 0.25) is 0 Å². The predicted molar refractivity (Wildman–Crippen MR) is 312 cm³/mol. The van der Waals surface area contributed by atoms with Gasteiger partial charge in [-0.3, -0.25) is 43.5 Å². The van der Waals surface area contributed by atoms with Gasteiger partial charge in [0, 0.05) is 40.6 Å². The summed E-state index contributed by atoms with van der Waals surface area (Å²) in [6.45, 7) is 17.7. The van der Waals surface area contributed by atoms with E-state index in [-0.39, 0.29) is 85.3 Å². The van der Waals surface area contributed by atoms with Gasteiger partial charge in [-0.2, -0.15) is 0 Å². The largest absolute Gasteiger partial charge is 0.479 e. The number of halogens is 1. The van der Waals surface area contributed by atoms with Crippen molar-refractivity contribution in [3.63, 3.8) is 0 Å². The third-order valence-electron chi connectivity index (χ3n) is 13.2. The molecule has 0 aliphatic carbocycles. The van der Waals surface area contributed by atoms with Gasteiger partial charge in [-0.15, -0.1) is 59.5 Å². The van der Waals surface area contributed by atoms with Gasteiger partial charge < -0.3 is 52.9 Å². The Balaban J connectivity index is 0.000000182. The number of anilines is 1. The molecule has 9 heterocycles. The lowest BCUT2D eigenvalue weighted by molar-refractivity contribution is -0.150. The highest BCUT2D eigenvalue weighted by atomic mass is 35.5. The van der Waals surface area contributed by atoms with E-state index in [0.717, 1.165) is 55.8 Å². The van der Waals surface area contributed by atoms with Crippen LogP contribution in [0.25, 0.3) is 0 Å². The van der Waals surface area contributed by atoms with Gasteiger partial charge in [0.05, 0.1) is 11.3 Å². The minimum absolute atomic E-state index is 0. The maximum absolute atomic E-state index is 12.7. The van der Waals surface area contributed by atoms with E-state index in [9.17, 15) is 48.3 Å². The number of fused-ring (bicyclic) bond motifs is 4. The summed E-state index contributed by atoms with van der Waals surface area (Å²) in [6.07, 6.45) is 8.03. The molecule has 4 fully saturated rings. The van der Waals surface area contributed by atoms with Crippen LogP contribution in [0.1, 0.15) is 24.3 Å². The molecule has 430 valence electrons. The van der Waals surface area contributed by atoms with Crippen LogP contribution in [-0.2, 0) is 54.4 Å². The summed E-state index contributed by atoms with van der Waals surface area (Å²) in [7, 11) is 0. The average Bonchev–Trinajstić information content (AvgIpc) is 4.07. The number of carboxylic acids is 3. The van der Waals surface area contributed by atoms with Crippen molar-refractivity contribution < 1.29 is 63.3 Å². The molecule has 4 saturated heterocycles. The summed E-state index contributed by atoms with van der Waals surface area (Å²) in [5.74, 6) is -2.94. The fourth-order valence-corrected chi connectivity index (χ4v) is 15.1. The second-order valence-electron chi connectivity index (χ2n) is 17.9. The molecule has 8 aliphatic heterocycles. The van der Waals surface area contributed by atoms with Crippen LogP contribution >= 0.6 is 70.8 Å². The normalized spacial score (nSPS) is 24.9. The van der Waals surface area contributed by atoms with Gasteiger partial charge in [0.25, 0.3) is 17.7 Å². The number of thiazole rings is 1. The Morgan fingerprint density at radius 3 is 1.59 bits per heavy atom. The number of nitrogens with zero attached hydrogens (tertiary/aromatic N) is 6. The number of nitrogen functional groups attached to an aromatic ring is 1. The first-order valence-corrected chi connectivity index (χ1v) is 29.0. The number of β-lactam (4-membered cyclic amide) rings is 4. The smallest absolute Gasteiger partial charge is 0.352 e. The number of nitrogens with one attached hydrogen (secondary N) is 2. The Morgan fingerprint density at radius 2 is 1.11 bits per heavy atom. The number of aromatic nitrogens is 1.